The molecule has 0 aliphatic carbocycles. The number of hydrogen-bond donors (Lipinski definition) is 2. The van der Waals surface area contributed by atoms with Gasteiger partial charge in [-0.15, -0.1) is 0 Å². The van der Waals surface area contributed by atoms with E-state index in [1.165, 1.54) is 0 Å². The number of nitrogens with zero attached hydrogens (tertiary/aromatic N) is 2. The molecule has 3 rings (SSSR count). The van der Waals surface area contributed by atoms with Crippen molar-refractivity contribution in [2.45, 2.75) is 6.92 Å². The maximum atomic E-state index is 5.67. The van der Waals surface area contributed by atoms with E-state index >= 15 is 0 Å². The van der Waals surface area contributed by atoms with Crippen LogP contribution >= 0.6 is 0 Å². The van der Waals surface area contributed by atoms with Crippen LogP contribution in [0.3, 0.4) is 0 Å². The largest absolute Gasteiger partial charge is 0.493 e. The van der Waals surface area contributed by atoms with Crippen molar-refractivity contribution in [3.63, 3.8) is 0 Å². The Morgan fingerprint density at radius 1 is 1.25 bits per heavy atom. The zero-order chi connectivity index (χ0) is 13.8. The highest BCUT2D eigenvalue weighted by atomic mass is 16.5. The van der Waals surface area contributed by atoms with Crippen LogP contribution < -0.4 is 15.0 Å². The van der Waals surface area contributed by atoms with Gasteiger partial charge in [0.25, 0.3) is 0 Å². The molecule has 2 N–H and O–H groups in total. The van der Waals surface area contributed by atoms with Crippen LogP contribution in [-0.4, -0.2) is 43.0 Å². The average Bonchev–Trinajstić information content (AvgIpc) is 2.99. The Hall–Kier alpha value is -2.01. The molecule has 106 valence electrons. The molecule has 1 aliphatic heterocycles. The van der Waals surface area contributed by atoms with Gasteiger partial charge in [-0.3, -0.25) is 5.10 Å². The van der Waals surface area contributed by atoms with Gasteiger partial charge in [-0.2, -0.15) is 5.10 Å². The fourth-order valence-corrected chi connectivity index (χ4v) is 2.48. The van der Waals surface area contributed by atoms with Crippen LogP contribution in [0.1, 0.15) is 6.92 Å². The van der Waals surface area contributed by atoms with Crippen molar-refractivity contribution in [3.8, 4) is 17.0 Å². The van der Waals surface area contributed by atoms with E-state index in [0.29, 0.717) is 6.61 Å². The minimum absolute atomic E-state index is 0.663. The standard InChI is InChI=1S/C15H20N4O/c1-2-20-14-6-4-3-5-12(14)13-11-15(18-17-13)19-9-7-16-8-10-19/h3-6,11,16H,2,7-10H2,1H3,(H,17,18). The summed E-state index contributed by atoms with van der Waals surface area (Å²) in [6.07, 6.45) is 0. The SMILES string of the molecule is CCOc1ccccc1-c1cc(N2CCNCC2)n[nH]1. The lowest BCUT2D eigenvalue weighted by Gasteiger charge is -2.26. The molecule has 2 aromatic rings. The molecule has 5 heteroatoms. The molecule has 1 aromatic heterocycles. The summed E-state index contributed by atoms with van der Waals surface area (Å²) in [4.78, 5) is 2.29. The van der Waals surface area contributed by atoms with Crippen LogP contribution in [0.25, 0.3) is 11.3 Å². The van der Waals surface area contributed by atoms with E-state index in [9.17, 15) is 0 Å². The van der Waals surface area contributed by atoms with Crippen molar-refractivity contribution >= 4 is 5.82 Å². The third-order valence-corrected chi connectivity index (χ3v) is 3.48. The predicted octanol–water partition coefficient (Wildman–Crippen LogP) is 1.88. The van der Waals surface area contributed by atoms with Gasteiger partial charge in [0.1, 0.15) is 5.75 Å². The number of hydrogen-bond acceptors (Lipinski definition) is 4. The Labute approximate surface area is 118 Å². The third kappa shape index (κ3) is 2.63. The number of nitrogens with one attached hydrogen (secondary N) is 2. The molecule has 20 heavy (non-hydrogen) atoms. The van der Waals surface area contributed by atoms with Gasteiger partial charge < -0.3 is 15.0 Å². The number of H-pyrrole nitrogens is 1. The Morgan fingerprint density at radius 2 is 2.05 bits per heavy atom. The van der Waals surface area contributed by atoms with Crippen molar-refractivity contribution in [1.29, 1.82) is 0 Å². The monoisotopic (exact) mass is 272 g/mol. The van der Waals surface area contributed by atoms with E-state index in [2.05, 4.69) is 32.5 Å². The topological polar surface area (TPSA) is 53.2 Å². The Balaban J connectivity index is 1.86. The van der Waals surface area contributed by atoms with Gasteiger partial charge in [0.2, 0.25) is 0 Å². The van der Waals surface area contributed by atoms with E-state index in [4.69, 9.17) is 4.74 Å². The van der Waals surface area contributed by atoms with Crippen molar-refractivity contribution in [2.24, 2.45) is 0 Å². The lowest BCUT2D eigenvalue weighted by Crippen LogP contribution is -2.43. The molecule has 0 radical (unpaired) electrons. The summed E-state index contributed by atoms with van der Waals surface area (Å²) < 4.78 is 5.67. The molecule has 5 nitrogen and oxygen atoms in total. The molecule has 0 unspecified atom stereocenters. The van der Waals surface area contributed by atoms with E-state index in [1.807, 2.05) is 25.1 Å². The summed E-state index contributed by atoms with van der Waals surface area (Å²) in [6.45, 7) is 6.68. The molecule has 0 bridgehead atoms. The summed E-state index contributed by atoms with van der Waals surface area (Å²) in [7, 11) is 0. The van der Waals surface area contributed by atoms with Crippen molar-refractivity contribution in [2.75, 3.05) is 37.7 Å². The first-order chi connectivity index (χ1) is 9.88. The molecular formula is C15H20N4O. The predicted molar refractivity (Wildman–Crippen MR) is 80.3 cm³/mol. The molecular weight excluding hydrogens is 252 g/mol. The quantitative estimate of drug-likeness (QED) is 0.892. The zero-order valence-corrected chi connectivity index (χ0v) is 11.7. The second-order valence-electron chi connectivity index (χ2n) is 4.81. The number of piperazine rings is 1. The third-order valence-electron chi connectivity index (χ3n) is 3.48. The summed E-state index contributed by atoms with van der Waals surface area (Å²) in [5, 5.41) is 10.9. The number of anilines is 1. The van der Waals surface area contributed by atoms with Gasteiger partial charge in [0.15, 0.2) is 5.82 Å². The lowest BCUT2D eigenvalue weighted by atomic mass is 10.1. The molecule has 0 atom stereocenters. The van der Waals surface area contributed by atoms with E-state index in [0.717, 1.165) is 49.0 Å². The Bertz CT molecular complexity index is 561. The van der Waals surface area contributed by atoms with Crippen LogP contribution in [0.5, 0.6) is 5.75 Å². The van der Waals surface area contributed by atoms with Crippen LogP contribution in [0.4, 0.5) is 5.82 Å². The van der Waals surface area contributed by atoms with Gasteiger partial charge in [0.05, 0.1) is 12.3 Å². The van der Waals surface area contributed by atoms with Gasteiger partial charge in [-0.1, -0.05) is 12.1 Å². The maximum absolute atomic E-state index is 5.67. The fraction of sp³-hybridized carbons (Fsp3) is 0.400. The van der Waals surface area contributed by atoms with Crippen LogP contribution in [0.15, 0.2) is 30.3 Å². The zero-order valence-electron chi connectivity index (χ0n) is 11.7. The fourth-order valence-electron chi connectivity index (χ4n) is 2.48. The highest BCUT2D eigenvalue weighted by Gasteiger charge is 2.15. The Kier molecular flexibility index (Phi) is 3.87. The maximum Gasteiger partial charge on any atom is 0.151 e. The number of aromatic nitrogens is 2. The van der Waals surface area contributed by atoms with Gasteiger partial charge in [-0.05, 0) is 19.1 Å². The number of rotatable bonds is 4. The second-order valence-corrected chi connectivity index (χ2v) is 4.81. The number of aromatic amines is 1. The summed E-state index contributed by atoms with van der Waals surface area (Å²) in [5.74, 6) is 1.90. The smallest absolute Gasteiger partial charge is 0.151 e. The van der Waals surface area contributed by atoms with Gasteiger partial charge >= 0.3 is 0 Å². The summed E-state index contributed by atoms with van der Waals surface area (Å²) in [5.41, 5.74) is 2.06. The van der Waals surface area contributed by atoms with Crippen molar-refractivity contribution in [1.82, 2.24) is 15.5 Å². The van der Waals surface area contributed by atoms with E-state index in [-0.39, 0.29) is 0 Å². The van der Waals surface area contributed by atoms with Gasteiger partial charge in [0, 0.05) is 37.8 Å². The molecule has 1 aliphatic rings. The van der Waals surface area contributed by atoms with E-state index in [1.54, 1.807) is 0 Å². The Morgan fingerprint density at radius 3 is 2.85 bits per heavy atom. The van der Waals surface area contributed by atoms with Crippen LogP contribution in [0.2, 0.25) is 0 Å². The highest BCUT2D eigenvalue weighted by Crippen LogP contribution is 2.30. The van der Waals surface area contributed by atoms with Crippen molar-refractivity contribution in [3.05, 3.63) is 30.3 Å². The number of ether oxygens (including phenoxy) is 1. The minimum Gasteiger partial charge on any atom is -0.493 e. The van der Waals surface area contributed by atoms with E-state index < -0.39 is 0 Å². The minimum atomic E-state index is 0.663. The molecule has 0 spiro atoms. The number of benzene rings is 1. The van der Waals surface area contributed by atoms with Crippen LogP contribution in [0, 0.1) is 0 Å². The van der Waals surface area contributed by atoms with Gasteiger partial charge in [-0.25, -0.2) is 0 Å². The molecule has 1 saturated heterocycles. The highest BCUT2D eigenvalue weighted by molar-refractivity contribution is 5.69. The molecule has 0 saturated carbocycles. The van der Waals surface area contributed by atoms with Crippen LogP contribution in [-0.2, 0) is 0 Å². The molecule has 2 heterocycles. The first-order valence-corrected chi connectivity index (χ1v) is 7.11. The molecule has 1 aromatic carbocycles. The first kappa shape index (κ1) is 13.0. The molecule has 0 amide bonds. The lowest BCUT2D eigenvalue weighted by molar-refractivity contribution is 0.341. The summed E-state index contributed by atoms with van der Waals surface area (Å²) >= 11 is 0. The number of para-hydroxylation sites is 1. The normalized spacial score (nSPS) is 15.3. The first-order valence-electron chi connectivity index (χ1n) is 7.11. The average molecular weight is 272 g/mol. The van der Waals surface area contributed by atoms with Crippen molar-refractivity contribution < 1.29 is 4.74 Å². The molecule has 1 fully saturated rings. The summed E-state index contributed by atoms with van der Waals surface area (Å²) in [6, 6.07) is 10.2. The second kappa shape index (κ2) is 5.96.